The van der Waals surface area contributed by atoms with E-state index >= 15 is 0 Å². The first-order valence-corrected chi connectivity index (χ1v) is 5.52. The van der Waals surface area contributed by atoms with Crippen LogP contribution in [0, 0.1) is 6.92 Å². The van der Waals surface area contributed by atoms with Gasteiger partial charge in [0, 0.05) is 11.1 Å². The van der Waals surface area contributed by atoms with Crippen molar-refractivity contribution in [2.24, 2.45) is 0 Å². The molecule has 0 atom stereocenters. The van der Waals surface area contributed by atoms with E-state index < -0.39 is 0 Å². The quantitative estimate of drug-likeness (QED) is 0.720. The van der Waals surface area contributed by atoms with Gasteiger partial charge in [0.1, 0.15) is 11.5 Å². The maximum absolute atomic E-state index is 5.33. The molecule has 2 rings (SSSR count). The lowest BCUT2D eigenvalue weighted by Gasteiger charge is -2.18. The molecule has 2 aromatic rings. The summed E-state index contributed by atoms with van der Waals surface area (Å²) in [5, 5.41) is 4.18. The molecule has 2 nitrogen and oxygen atoms in total. The smallest absolute Gasteiger partial charge is 0.138 e. The summed E-state index contributed by atoms with van der Waals surface area (Å²) in [4.78, 5) is 0. The topological polar surface area (TPSA) is 26.0 Å². The first-order chi connectivity index (χ1) is 7.50. The predicted octanol–water partition coefficient (Wildman–Crippen LogP) is 3.95. The van der Waals surface area contributed by atoms with Crippen molar-refractivity contribution >= 4 is 0 Å². The van der Waals surface area contributed by atoms with Gasteiger partial charge < -0.3 is 4.52 Å². The molecule has 0 unspecified atom stereocenters. The normalized spacial score (nSPS) is 11.8. The fourth-order valence-electron chi connectivity index (χ4n) is 2.05. The number of hydrogen-bond acceptors (Lipinski definition) is 2. The molecule has 0 saturated carbocycles. The molecule has 0 fully saturated rings. The lowest BCUT2D eigenvalue weighted by molar-refractivity contribution is 0.394. The van der Waals surface area contributed by atoms with Crippen molar-refractivity contribution in [3.05, 3.63) is 41.7 Å². The van der Waals surface area contributed by atoms with Crippen LogP contribution in [0.2, 0.25) is 0 Å². The highest BCUT2D eigenvalue weighted by Gasteiger charge is 2.25. The van der Waals surface area contributed by atoms with E-state index in [1.165, 1.54) is 5.56 Å². The van der Waals surface area contributed by atoms with Gasteiger partial charge in [-0.25, -0.2) is 0 Å². The van der Waals surface area contributed by atoms with Gasteiger partial charge in [0.25, 0.3) is 0 Å². The average molecular weight is 215 g/mol. The predicted molar refractivity (Wildman–Crippen MR) is 65.4 cm³/mol. The average Bonchev–Trinajstić information content (AvgIpc) is 2.61. The number of hydrogen-bond donors (Lipinski definition) is 0. The highest BCUT2D eigenvalue weighted by Crippen LogP contribution is 2.34. The summed E-state index contributed by atoms with van der Waals surface area (Å²) in [5.74, 6) is 0.909. The zero-order chi connectivity index (χ0) is 11.8. The summed E-state index contributed by atoms with van der Waals surface area (Å²) in [5.41, 5.74) is 3.32. The number of rotatable bonds is 1. The fraction of sp³-hybridized carbons (Fsp3) is 0.357. The molecule has 0 spiro atoms. The Balaban J connectivity index is 2.60. The lowest BCUT2D eigenvalue weighted by atomic mass is 9.84. The molecule has 0 bridgehead atoms. The Kier molecular flexibility index (Phi) is 2.58. The number of nitrogens with zero attached hydrogens (tertiary/aromatic N) is 1. The van der Waals surface area contributed by atoms with Gasteiger partial charge in [0.2, 0.25) is 0 Å². The minimum Gasteiger partial charge on any atom is -0.361 e. The zero-order valence-electron chi connectivity index (χ0n) is 10.2. The standard InChI is InChI=1S/C14H17NO/c1-10-12(14(2,3)4)13(15-16-10)11-8-6-5-7-9-11/h5-9H,1-4H3. The van der Waals surface area contributed by atoms with Gasteiger partial charge in [-0.3, -0.25) is 0 Å². The van der Waals surface area contributed by atoms with Crippen molar-refractivity contribution in [3.8, 4) is 11.3 Å². The van der Waals surface area contributed by atoms with E-state index in [9.17, 15) is 0 Å². The van der Waals surface area contributed by atoms with Crippen LogP contribution in [0.3, 0.4) is 0 Å². The molecule has 0 saturated heterocycles. The van der Waals surface area contributed by atoms with E-state index in [-0.39, 0.29) is 5.41 Å². The van der Waals surface area contributed by atoms with E-state index in [2.05, 4.69) is 38.1 Å². The van der Waals surface area contributed by atoms with Gasteiger partial charge in [-0.1, -0.05) is 56.3 Å². The van der Waals surface area contributed by atoms with Crippen LogP contribution in [0.1, 0.15) is 32.1 Å². The van der Waals surface area contributed by atoms with Crippen LogP contribution < -0.4 is 0 Å². The molecular formula is C14H17NO. The Hall–Kier alpha value is -1.57. The fourth-order valence-corrected chi connectivity index (χ4v) is 2.05. The maximum atomic E-state index is 5.33. The van der Waals surface area contributed by atoms with Gasteiger partial charge in [-0.05, 0) is 12.3 Å². The monoisotopic (exact) mass is 215 g/mol. The van der Waals surface area contributed by atoms with Crippen molar-refractivity contribution in [3.63, 3.8) is 0 Å². The summed E-state index contributed by atoms with van der Waals surface area (Å²) in [6.45, 7) is 8.51. The molecule has 16 heavy (non-hydrogen) atoms. The lowest BCUT2D eigenvalue weighted by Crippen LogP contribution is -2.12. The van der Waals surface area contributed by atoms with E-state index in [1.807, 2.05) is 25.1 Å². The Morgan fingerprint density at radius 3 is 2.25 bits per heavy atom. The van der Waals surface area contributed by atoms with Crippen LogP contribution in [-0.4, -0.2) is 5.16 Å². The van der Waals surface area contributed by atoms with Crippen molar-refractivity contribution < 1.29 is 4.52 Å². The molecule has 1 aromatic carbocycles. The third kappa shape index (κ3) is 1.87. The minimum absolute atomic E-state index is 0.0509. The number of aromatic nitrogens is 1. The Bertz CT molecular complexity index is 477. The molecule has 0 aliphatic carbocycles. The molecule has 0 amide bonds. The van der Waals surface area contributed by atoms with E-state index in [4.69, 9.17) is 4.52 Å². The van der Waals surface area contributed by atoms with Gasteiger partial charge >= 0.3 is 0 Å². The molecule has 2 heteroatoms. The second-order valence-corrected chi connectivity index (χ2v) is 5.08. The van der Waals surface area contributed by atoms with Crippen LogP contribution in [-0.2, 0) is 5.41 Å². The molecule has 0 radical (unpaired) electrons. The molecule has 1 heterocycles. The SMILES string of the molecule is Cc1onc(-c2ccccc2)c1C(C)(C)C. The Labute approximate surface area is 96.3 Å². The van der Waals surface area contributed by atoms with Gasteiger partial charge in [0.15, 0.2) is 0 Å². The van der Waals surface area contributed by atoms with E-state index in [1.54, 1.807) is 0 Å². The highest BCUT2D eigenvalue weighted by atomic mass is 16.5. The van der Waals surface area contributed by atoms with Crippen molar-refractivity contribution in [1.82, 2.24) is 5.16 Å². The summed E-state index contributed by atoms with van der Waals surface area (Å²) >= 11 is 0. The summed E-state index contributed by atoms with van der Waals surface area (Å²) in [7, 11) is 0. The van der Waals surface area contributed by atoms with Gasteiger partial charge in [0.05, 0.1) is 0 Å². The summed E-state index contributed by atoms with van der Waals surface area (Å²) < 4.78 is 5.33. The third-order valence-corrected chi connectivity index (χ3v) is 2.66. The van der Waals surface area contributed by atoms with Crippen molar-refractivity contribution in [2.45, 2.75) is 33.1 Å². The number of benzene rings is 1. The Morgan fingerprint density at radius 2 is 1.69 bits per heavy atom. The van der Waals surface area contributed by atoms with Crippen LogP contribution in [0.25, 0.3) is 11.3 Å². The molecule has 0 N–H and O–H groups in total. The molecular weight excluding hydrogens is 198 g/mol. The second-order valence-electron chi connectivity index (χ2n) is 5.08. The van der Waals surface area contributed by atoms with Gasteiger partial charge in [-0.2, -0.15) is 0 Å². The van der Waals surface area contributed by atoms with Crippen LogP contribution >= 0.6 is 0 Å². The van der Waals surface area contributed by atoms with Crippen molar-refractivity contribution in [2.75, 3.05) is 0 Å². The maximum Gasteiger partial charge on any atom is 0.138 e. The summed E-state index contributed by atoms with van der Waals surface area (Å²) in [6.07, 6.45) is 0. The summed E-state index contributed by atoms with van der Waals surface area (Å²) in [6, 6.07) is 10.2. The first-order valence-electron chi connectivity index (χ1n) is 5.52. The van der Waals surface area contributed by atoms with E-state index in [0.29, 0.717) is 0 Å². The first kappa shape index (κ1) is 10.9. The van der Waals surface area contributed by atoms with E-state index in [0.717, 1.165) is 17.0 Å². The highest BCUT2D eigenvalue weighted by molar-refractivity contribution is 5.64. The molecule has 0 aliphatic heterocycles. The molecule has 84 valence electrons. The van der Waals surface area contributed by atoms with Crippen molar-refractivity contribution in [1.29, 1.82) is 0 Å². The van der Waals surface area contributed by atoms with Gasteiger partial charge in [-0.15, -0.1) is 0 Å². The molecule has 1 aromatic heterocycles. The Morgan fingerprint density at radius 1 is 1.06 bits per heavy atom. The van der Waals surface area contributed by atoms with Crippen LogP contribution in [0.15, 0.2) is 34.9 Å². The molecule has 0 aliphatic rings. The second kappa shape index (κ2) is 3.78. The number of aryl methyl sites for hydroxylation is 1. The largest absolute Gasteiger partial charge is 0.361 e. The zero-order valence-corrected chi connectivity index (χ0v) is 10.2. The third-order valence-electron chi connectivity index (χ3n) is 2.66. The van der Waals surface area contributed by atoms with Crippen LogP contribution in [0.5, 0.6) is 0 Å². The minimum atomic E-state index is 0.0509. The van der Waals surface area contributed by atoms with Crippen LogP contribution in [0.4, 0.5) is 0 Å².